The van der Waals surface area contributed by atoms with Crippen LogP contribution in [0.1, 0.15) is 6.92 Å². The zero-order valence-corrected chi connectivity index (χ0v) is 14.7. The number of benzene rings is 3. The Hall–Kier alpha value is -1.82. The van der Waals surface area contributed by atoms with Crippen LogP contribution in [0.25, 0.3) is 0 Å². The van der Waals surface area contributed by atoms with Crippen molar-refractivity contribution in [2.24, 2.45) is 4.74 Å². The summed E-state index contributed by atoms with van der Waals surface area (Å²) in [7, 11) is -1.84. The van der Waals surface area contributed by atoms with E-state index in [-0.39, 0.29) is 0 Å². The number of nitrogens with zero attached hydrogens (tertiary/aromatic N) is 1. The quantitative estimate of drug-likeness (QED) is 0.529. The molecule has 3 heteroatoms. The van der Waals surface area contributed by atoms with Gasteiger partial charge in [-0.15, -0.1) is 0 Å². The summed E-state index contributed by atoms with van der Waals surface area (Å²) in [6, 6.07) is 29.1. The van der Waals surface area contributed by atoms with E-state index in [1.807, 2.05) is 24.3 Å². The minimum atomic E-state index is -1.84. The van der Waals surface area contributed by atoms with Gasteiger partial charge in [-0.1, -0.05) is 79.2 Å². The molecule has 0 amide bonds. The standard InChI is InChI=1S/C20H19ClNP/c1-2-23(19-9-5-3-6-10-19,20-11-7-4-8-12-20)22-18-15-13-17(21)14-16-18/h3-16H,2H2,1H3. The van der Waals surface area contributed by atoms with Crippen LogP contribution in [0.5, 0.6) is 0 Å². The lowest BCUT2D eigenvalue weighted by Crippen LogP contribution is -2.17. The van der Waals surface area contributed by atoms with Crippen LogP contribution < -0.4 is 10.6 Å². The minimum Gasteiger partial charge on any atom is -0.258 e. The maximum atomic E-state index is 6.02. The fraction of sp³-hybridized carbons (Fsp3) is 0.100. The molecule has 0 unspecified atom stereocenters. The predicted molar refractivity (Wildman–Crippen MR) is 103 cm³/mol. The molecule has 0 aliphatic rings. The maximum absolute atomic E-state index is 6.02. The third kappa shape index (κ3) is 3.42. The van der Waals surface area contributed by atoms with Crippen molar-refractivity contribution in [3.8, 4) is 0 Å². The first-order valence-electron chi connectivity index (χ1n) is 7.73. The Morgan fingerprint density at radius 1 is 0.739 bits per heavy atom. The van der Waals surface area contributed by atoms with Crippen molar-refractivity contribution in [1.82, 2.24) is 0 Å². The second-order valence-corrected chi connectivity index (χ2v) is 9.17. The van der Waals surface area contributed by atoms with Gasteiger partial charge in [0.15, 0.2) is 0 Å². The first-order valence-corrected chi connectivity index (χ1v) is 10.0. The fourth-order valence-corrected chi connectivity index (χ4v) is 6.14. The molecular weight excluding hydrogens is 321 g/mol. The van der Waals surface area contributed by atoms with E-state index in [4.69, 9.17) is 16.3 Å². The van der Waals surface area contributed by atoms with E-state index in [2.05, 4.69) is 67.6 Å². The second-order valence-electron chi connectivity index (χ2n) is 5.33. The van der Waals surface area contributed by atoms with Gasteiger partial charge in [-0.2, -0.15) is 0 Å². The molecule has 3 rings (SSSR count). The largest absolute Gasteiger partial charge is 0.258 e. The van der Waals surface area contributed by atoms with E-state index in [0.717, 1.165) is 16.9 Å². The smallest absolute Gasteiger partial charge is 0.0622 e. The Morgan fingerprint density at radius 2 is 1.22 bits per heavy atom. The average Bonchev–Trinajstić information content (AvgIpc) is 2.63. The lowest BCUT2D eigenvalue weighted by Gasteiger charge is -2.24. The molecule has 1 nitrogen and oxygen atoms in total. The van der Waals surface area contributed by atoms with E-state index in [1.165, 1.54) is 10.6 Å². The lowest BCUT2D eigenvalue weighted by molar-refractivity contribution is 1.45. The molecule has 0 atom stereocenters. The molecule has 116 valence electrons. The third-order valence-electron chi connectivity index (χ3n) is 3.94. The summed E-state index contributed by atoms with van der Waals surface area (Å²) >= 11 is 6.02. The zero-order chi connectivity index (χ0) is 16.1. The molecule has 0 aromatic heterocycles. The Balaban J connectivity index is 2.27. The molecule has 0 aliphatic heterocycles. The SMILES string of the molecule is CCP(=Nc1ccc(Cl)cc1)(c1ccccc1)c1ccccc1. The summed E-state index contributed by atoms with van der Waals surface area (Å²) in [5, 5.41) is 3.36. The van der Waals surface area contributed by atoms with Gasteiger partial charge in [0.05, 0.1) is 5.69 Å². The number of hydrogen-bond donors (Lipinski definition) is 0. The number of halogens is 1. The molecule has 3 aromatic rings. The van der Waals surface area contributed by atoms with E-state index in [0.29, 0.717) is 0 Å². The van der Waals surface area contributed by atoms with Crippen molar-refractivity contribution >= 4 is 35.0 Å². The van der Waals surface area contributed by atoms with Crippen LogP contribution in [-0.4, -0.2) is 6.16 Å². The van der Waals surface area contributed by atoms with Crippen LogP contribution in [0.2, 0.25) is 5.02 Å². The van der Waals surface area contributed by atoms with Crippen molar-refractivity contribution in [2.45, 2.75) is 6.92 Å². The van der Waals surface area contributed by atoms with Crippen molar-refractivity contribution < 1.29 is 0 Å². The summed E-state index contributed by atoms with van der Waals surface area (Å²) in [5.74, 6) is 0. The van der Waals surface area contributed by atoms with Crippen LogP contribution >= 0.6 is 18.7 Å². The van der Waals surface area contributed by atoms with Gasteiger partial charge in [0.25, 0.3) is 0 Å². The van der Waals surface area contributed by atoms with E-state index in [1.54, 1.807) is 0 Å². The molecule has 0 radical (unpaired) electrons. The lowest BCUT2D eigenvalue weighted by atomic mass is 10.3. The molecule has 23 heavy (non-hydrogen) atoms. The van der Waals surface area contributed by atoms with Crippen molar-refractivity contribution in [3.63, 3.8) is 0 Å². The van der Waals surface area contributed by atoms with Crippen LogP contribution in [-0.2, 0) is 0 Å². The molecule has 0 saturated carbocycles. The highest BCUT2D eigenvalue weighted by Gasteiger charge is 2.22. The molecule has 0 spiro atoms. The van der Waals surface area contributed by atoms with Gasteiger partial charge in [0.2, 0.25) is 0 Å². The van der Waals surface area contributed by atoms with E-state index >= 15 is 0 Å². The summed E-state index contributed by atoms with van der Waals surface area (Å²) in [5.41, 5.74) is 0.984. The molecule has 0 bridgehead atoms. The summed E-state index contributed by atoms with van der Waals surface area (Å²) in [4.78, 5) is 0. The fourth-order valence-electron chi connectivity index (χ4n) is 2.75. The summed E-state index contributed by atoms with van der Waals surface area (Å²) in [6.07, 6.45) is 0.990. The van der Waals surface area contributed by atoms with E-state index < -0.39 is 7.05 Å². The Labute approximate surface area is 143 Å². The maximum Gasteiger partial charge on any atom is 0.0622 e. The highest BCUT2D eigenvalue weighted by atomic mass is 35.5. The Kier molecular flexibility index (Phi) is 5.00. The van der Waals surface area contributed by atoms with Gasteiger partial charge < -0.3 is 0 Å². The average molecular weight is 340 g/mol. The van der Waals surface area contributed by atoms with Gasteiger partial charge in [0, 0.05) is 12.1 Å². The predicted octanol–water partition coefficient (Wildman–Crippen LogP) is 5.84. The third-order valence-corrected chi connectivity index (χ3v) is 7.98. The normalized spacial score (nSPS) is 11.2. The monoisotopic (exact) mass is 339 g/mol. The van der Waals surface area contributed by atoms with Crippen LogP contribution in [0.15, 0.2) is 89.7 Å². The molecule has 0 fully saturated rings. The molecule has 0 saturated heterocycles. The molecule has 3 aromatic carbocycles. The molecule has 0 aliphatic carbocycles. The molecule has 0 N–H and O–H groups in total. The highest BCUT2D eigenvalue weighted by molar-refractivity contribution is 7.81. The first kappa shape index (κ1) is 16.1. The summed E-state index contributed by atoms with van der Waals surface area (Å²) in [6.45, 7) is 2.23. The molecule has 0 heterocycles. The second kappa shape index (κ2) is 7.17. The van der Waals surface area contributed by atoms with Crippen molar-refractivity contribution in [2.75, 3.05) is 6.16 Å². The topological polar surface area (TPSA) is 12.4 Å². The van der Waals surface area contributed by atoms with Gasteiger partial charge in [-0.05, 0) is 41.0 Å². The van der Waals surface area contributed by atoms with Gasteiger partial charge in [0.1, 0.15) is 0 Å². The Morgan fingerprint density at radius 3 is 1.65 bits per heavy atom. The number of hydrogen-bond acceptors (Lipinski definition) is 1. The number of rotatable bonds is 4. The van der Waals surface area contributed by atoms with Crippen molar-refractivity contribution in [3.05, 3.63) is 90.0 Å². The summed E-state index contributed by atoms with van der Waals surface area (Å²) < 4.78 is 5.24. The van der Waals surface area contributed by atoms with Gasteiger partial charge in [-0.3, -0.25) is 4.74 Å². The van der Waals surface area contributed by atoms with Gasteiger partial charge in [-0.25, -0.2) is 0 Å². The van der Waals surface area contributed by atoms with Gasteiger partial charge >= 0.3 is 0 Å². The van der Waals surface area contributed by atoms with Crippen LogP contribution in [0, 0.1) is 0 Å². The Bertz CT molecular complexity index is 768. The minimum absolute atomic E-state index is 0.740. The zero-order valence-electron chi connectivity index (χ0n) is 13.1. The van der Waals surface area contributed by atoms with Crippen LogP contribution in [0.3, 0.4) is 0 Å². The van der Waals surface area contributed by atoms with Crippen LogP contribution in [0.4, 0.5) is 5.69 Å². The molecular formula is C20H19ClNP. The highest BCUT2D eigenvalue weighted by Crippen LogP contribution is 2.49. The van der Waals surface area contributed by atoms with Crippen molar-refractivity contribution in [1.29, 1.82) is 0 Å². The van der Waals surface area contributed by atoms with E-state index in [9.17, 15) is 0 Å². The first-order chi connectivity index (χ1) is 11.2.